The van der Waals surface area contributed by atoms with Crippen LogP contribution in [0, 0.1) is 0 Å². The molecule has 2 heterocycles. The Kier molecular flexibility index (Phi) is 7.71. The van der Waals surface area contributed by atoms with Crippen molar-refractivity contribution in [3.8, 4) is 11.4 Å². The van der Waals surface area contributed by atoms with Gasteiger partial charge in [-0.25, -0.2) is 10.4 Å². The zero-order valence-corrected chi connectivity index (χ0v) is 22.7. The third kappa shape index (κ3) is 5.56. The van der Waals surface area contributed by atoms with Crippen molar-refractivity contribution in [3.63, 3.8) is 0 Å². The van der Waals surface area contributed by atoms with Gasteiger partial charge in [-0.2, -0.15) is 5.10 Å². The first-order valence-electron chi connectivity index (χ1n) is 12.3. The van der Waals surface area contributed by atoms with E-state index < -0.39 is 5.97 Å². The number of thioether (sulfide) groups is 1. The molecule has 0 spiro atoms. The van der Waals surface area contributed by atoms with Crippen molar-refractivity contribution < 1.29 is 14.3 Å². The van der Waals surface area contributed by atoms with Gasteiger partial charge in [0.25, 0.3) is 11.5 Å². The maximum atomic E-state index is 13.7. The van der Waals surface area contributed by atoms with Gasteiger partial charge in [0.05, 0.1) is 22.5 Å². The number of hydrazone groups is 1. The van der Waals surface area contributed by atoms with Gasteiger partial charge in [0.2, 0.25) is 0 Å². The van der Waals surface area contributed by atoms with E-state index in [-0.39, 0.29) is 17.2 Å². The van der Waals surface area contributed by atoms with Crippen LogP contribution in [0.2, 0.25) is 0 Å². The highest BCUT2D eigenvalue weighted by Gasteiger charge is 2.23. The topological polar surface area (TPSA) is 103 Å². The SMILES string of the molecule is CC(=O)Oc1ccc(/C(C)=N\NC(=O)CSc2nc3sc4c(c3c(=O)n2-c2ccccc2)CCCC4)cc1. The van der Waals surface area contributed by atoms with E-state index in [4.69, 9.17) is 9.72 Å². The van der Waals surface area contributed by atoms with E-state index in [0.717, 1.165) is 47.3 Å². The minimum atomic E-state index is -0.391. The van der Waals surface area contributed by atoms with Gasteiger partial charge in [-0.3, -0.25) is 19.0 Å². The van der Waals surface area contributed by atoms with Gasteiger partial charge >= 0.3 is 5.97 Å². The lowest BCUT2D eigenvalue weighted by Crippen LogP contribution is -2.24. The molecule has 10 heteroatoms. The molecule has 0 bridgehead atoms. The number of aryl methyl sites for hydroxylation is 2. The van der Waals surface area contributed by atoms with E-state index in [2.05, 4.69) is 10.5 Å². The molecule has 4 aromatic rings. The Labute approximate surface area is 227 Å². The van der Waals surface area contributed by atoms with Gasteiger partial charge in [-0.05, 0) is 80.1 Å². The van der Waals surface area contributed by atoms with Gasteiger partial charge in [-0.15, -0.1) is 11.3 Å². The zero-order valence-electron chi connectivity index (χ0n) is 21.0. The Morgan fingerprint density at radius 1 is 1.08 bits per heavy atom. The average molecular weight is 547 g/mol. The summed E-state index contributed by atoms with van der Waals surface area (Å²) >= 11 is 2.80. The third-order valence-corrected chi connectivity index (χ3v) is 8.31. The third-order valence-electron chi connectivity index (χ3n) is 6.19. The van der Waals surface area contributed by atoms with E-state index in [9.17, 15) is 14.4 Å². The number of thiophene rings is 1. The molecule has 194 valence electrons. The largest absolute Gasteiger partial charge is 0.427 e. The molecule has 1 N–H and O–H groups in total. The van der Waals surface area contributed by atoms with Crippen molar-refractivity contribution >= 4 is 50.9 Å². The van der Waals surface area contributed by atoms with Gasteiger partial charge in [-0.1, -0.05) is 30.0 Å². The van der Waals surface area contributed by atoms with Crippen LogP contribution < -0.4 is 15.7 Å². The van der Waals surface area contributed by atoms with Crippen LogP contribution in [0.4, 0.5) is 0 Å². The van der Waals surface area contributed by atoms with Crippen molar-refractivity contribution in [3.05, 3.63) is 81.0 Å². The lowest BCUT2D eigenvalue weighted by atomic mass is 9.97. The van der Waals surface area contributed by atoms with Crippen LogP contribution in [0.25, 0.3) is 15.9 Å². The molecule has 1 aliphatic rings. The average Bonchev–Trinajstić information content (AvgIpc) is 3.30. The lowest BCUT2D eigenvalue weighted by Gasteiger charge is -2.13. The minimum Gasteiger partial charge on any atom is -0.427 e. The number of fused-ring (bicyclic) bond motifs is 3. The number of amides is 1. The lowest BCUT2D eigenvalue weighted by molar-refractivity contribution is -0.131. The van der Waals surface area contributed by atoms with Crippen molar-refractivity contribution in [2.75, 3.05) is 5.75 Å². The van der Waals surface area contributed by atoms with Crippen molar-refractivity contribution in [2.24, 2.45) is 5.10 Å². The molecule has 1 amide bonds. The number of hydrogen-bond donors (Lipinski definition) is 1. The zero-order chi connectivity index (χ0) is 26.6. The van der Waals surface area contributed by atoms with Crippen molar-refractivity contribution in [2.45, 2.75) is 44.7 Å². The summed E-state index contributed by atoms with van der Waals surface area (Å²) in [6.45, 7) is 3.12. The summed E-state index contributed by atoms with van der Waals surface area (Å²) in [5.74, 6) is -0.226. The molecule has 38 heavy (non-hydrogen) atoms. The summed E-state index contributed by atoms with van der Waals surface area (Å²) in [5.41, 5.74) is 5.73. The molecule has 0 fully saturated rings. The summed E-state index contributed by atoms with van der Waals surface area (Å²) < 4.78 is 6.65. The number of carbonyl (C=O) groups is 2. The Morgan fingerprint density at radius 3 is 2.55 bits per heavy atom. The molecule has 0 saturated carbocycles. The fourth-order valence-corrected chi connectivity index (χ4v) is 6.50. The van der Waals surface area contributed by atoms with Crippen LogP contribution in [0.3, 0.4) is 0 Å². The van der Waals surface area contributed by atoms with E-state index in [1.54, 1.807) is 47.1 Å². The highest BCUT2D eigenvalue weighted by atomic mass is 32.2. The second-order valence-electron chi connectivity index (χ2n) is 8.90. The number of aromatic nitrogens is 2. The number of esters is 1. The van der Waals surface area contributed by atoms with Gasteiger partial charge in [0, 0.05) is 11.8 Å². The molecule has 0 aliphatic heterocycles. The fraction of sp³-hybridized carbons (Fsp3) is 0.250. The number of rotatable bonds is 7. The predicted octanol–water partition coefficient (Wildman–Crippen LogP) is 4.88. The molecule has 2 aromatic carbocycles. The smallest absolute Gasteiger partial charge is 0.308 e. The number of nitrogens with zero attached hydrogens (tertiary/aromatic N) is 3. The first-order chi connectivity index (χ1) is 18.4. The molecule has 2 aromatic heterocycles. The second-order valence-corrected chi connectivity index (χ2v) is 10.9. The molecule has 5 rings (SSSR count). The highest BCUT2D eigenvalue weighted by molar-refractivity contribution is 7.99. The summed E-state index contributed by atoms with van der Waals surface area (Å²) in [6.07, 6.45) is 4.09. The molecule has 0 saturated heterocycles. The van der Waals surface area contributed by atoms with Crippen molar-refractivity contribution in [1.82, 2.24) is 15.0 Å². The van der Waals surface area contributed by atoms with Crippen molar-refractivity contribution in [1.29, 1.82) is 0 Å². The van der Waals surface area contributed by atoms with E-state index in [1.165, 1.54) is 23.6 Å². The first kappa shape index (κ1) is 25.9. The molecule has 1 aliphatic carbocycles. The molecule has 0 atom stereocenters. The molecular weight excluding hydrogens is 520 g/mol. The fourth-order valence-electron chi connectivity index (χ4n) is 4.39. The number of benzene rings is 2. The maximum Gasteiger partial charge on any atom is 0.308 e. The highest BCUT2D eigenvalue weighted by Crippen LogP contribution is 2.35. The van der Waals surface area contributed by atoms with E-state index in [0.29, 0.717) is 22.0 Å². The predicted molar refractivity (Wildman–Crippen MR) is 151 cm³/mol. The summed E-state index contributed by atoms with van der Waals surface area (Å²) in [4.78, 5) is 44.4. The van der Waals surface area contributed by atoms with Gasteiger partial charge in [0.15, 0.2) is 5.16 Å². The van der Waals surface area contributed by atoms with Gasteiger partial charge < -0.3 is 4.74 Å². The number of carbonyl (C=O) groups excluding carboxylic acids is 2. The second kappa shape index (κ2) is 11.3. The van der Waals surface area contributed by atoms with Crippen LogP contribution in [0.15, 0.2) is 69.6 Å². The number of ether oxygens (including phenoxy) is 1. The monoisotopic (exact) mass is 546 g/mol. The van der Waals surface area contributed by atoms with Crippen LogP contribution in [0.5, 0.6) is 5.75 Å². The Bertz CT molecular complexity index is 1590. The molecule has 0 unspecified atom stereocenters. The summed E-state index contributed by atoms with van der Waals surface area (Å²) in [5, 5.41) is 5.39. The number of hydrogen-bond acceptors (Lipinski definition) is 8. The summed E-state index contributed by atoms with van der Waals surface area (Å²) in [7, 11) is 0. The number of nitrogens with one attached hydrogen (secondary N) is 1. The van der Waals surface area contributed by atoms with Crippen LogP contribution in [-0.2, 0) is 22.4 Å². The molecule has 8 nitrogen and oxygen atoms in total. The quantitative estimate of drug-likeness (QED) is 0.0885. The Hall–Kier alpha value is -3.76. The normalized spacial score (nSPS) is 13.3. The standard InChI is InChI=1S/C28H26N4O4S2/c1-17(19-12-14-21(15-13-19)36-18(2)33)30-31-24(34)16-37-28-29-26-25(22-10-6-7-11-23(22)38-26)27(35)32(28)20-8-4-3-5-9-20/h3-5,8-9,12-15H,6-7,10-11,16H2,1-2H3,(H,31,34)/b30-17-. The van der Waals surface area contributed by atoms with E-state index in [1.807, 2.05) is 30.3 Å². The van der Waals surface area contributed by atoms with Gasteiger partial charge in [0.1, 0.15) is 10.6 Å². The molecule has 0 radical (unpaired) electrons. The van der Waals surface area contributed by atoms with Crippen LogP contribution in [-0.4, -0.2) is 32.9 Å². The minimum absolute atomic E-state index is 0.0397. The maximum absolute atomic E-state index is 13.7. The summed E-state index contributed by atoms with van der Waals surface area (Å²) in [6, 6.07) is 16.3. The Morgan fingerprint density at radius 2 is 1.82 bits per heavy atom. The van der Waals surface area contributed by atoms with Crippen LogP contribution >= 0.6 is 23.1 Å². The van der Waals surface area contributed by atoms with Crippen LogP contribution in [0.1, 0.15) is 42.7 Å². The van der Waals surface area contributed by atoms with E-state index >= 15 is 0 Å². The first-order valence-corrected chi connectivity index (χ1v) is 14.1. The molecular formula is C28H26N4O4S2. The number of para-hydroxylation sites is 1. The Balaban J connectivity index is 1.36.